The number of aromatic nitrogens is 4. The summed E-state index contributed by atoms with van der Waals surface area (Å²) in [6.07, 6.45) is 0.340. The first kappa shape index (κ1) is 16.8. The van der Waals surface area contributed by atoms with E-state index in [1.54, 1.807) is 7.05 Å². The van der Waals surface area contributed by atoms with Crippen LogP contribution in [0, 0.1) is 11.6 Å². The molecule has 1 aliphatic rings. The van der Waals surface area contributed by atoms with Crippen LogP contribution in [0.5, 0.6) is 0 Å². The lowest BCUT2D eigenvalue weighted by atomic mass is 10.1. The third-order valence-corrected chi connectivity index (χ3v) is 4.10. The predicted molar refractivity (Wildman–Crippen MR) is 83.0 cm³/mol. The number of aryl methyl sites for hydroxylation is 1. The molecule has 1 aliphatic heterocycles. The van der Waals surface area contributed by atoms with E-state index in [0.29, 0.717) is 5.82 Å². The number of rotatable bonds is 5. The highest BCUT2D eigenvalue weighted by Crippen LogP contribution is 2.35. The Hall–Kier alpha value is -2.63. The molecule has 1 unspecified atom stereocenters. The molecule has 1 atom stereocenters. The Labute approximate surface area is 145 Å². The molecule has 0 radical (unpaired) electrons. The molecule has 2 aromatic heterocycles. The summed E-state index contributed by atoms with van der Waals surface area (Å²) in [6.45, 7) is 0.251. The van der Waals surface area contributed by atoms with Crippen LogP contribution in [0.2, 0.25) is 0 Å². The number of benzene rings is 1. The van der Waals surface area contributed by atoms with Crippen molar-refractivity contribution >= 4 is 16.8 Å². The largest absolute Gasteiger partial charge is 0.394 e. The van der Waals surface area contributed by atoms with Crippen LogP contribution in [-0.4, -0.2) is 44.8 Å². The zero-order valence-electron chi connectivity index (χ0n) is 13.6. The van der Waals surface area contributed by atoms with E-state index in [0.717, 1.165) is 0 Å². The van der Waals surface area contributed by atoms with Gasteiger partial charge in [0.25, 0.3) is 0 Å². The van der Waals surface area contributed by atoms with E-state index in [1.165, 1.54) is 17.1 Å². The van der Waals surface area contributed by atoms with Crippen molar-refractivity contribution in [1.82, 2.24) is 19.9 Å². The second-order valence-corrected chi connectivity index (χ2v) is 5.70. The SMILES string of the molecule is Cn1ncnc1C(CO)Nc1noc2c(F)c(F)c(C3OCCO3)cc12. The molecule has 1 fully saturated rings. The van der Waals surface area contributed by atoms with Gasteiger partial charge in [-0.05, 0) is 6.07 Å². The smallest absolute Gasteiger partial charge is 0.207 e. The van der Waals surface area contributed by atoms with Gasteiger partial charge in [0.05, 0.1) is 25.2 Å². The zero-order chi connectivity index (χ0) is 18.3. The molecule has 0 bridgehead atoms. The van der Waals surface area contributed by atoms with Crippen molar-refractivity contribution in [3.63, 3.8) is 0 Å². The molecule has 9 nitrogen and oxygen atoms in total. The summed E-state index contributed by atoms with van der Waals surface area (Å²) in [7, 11) is 1.66. The molecule has 0 amide bonds. The topological polar surface area (TPSA) is 107 Å². The van der Waals surface area contributed by atoms with Gasteiger partial charge < -0.3 is 24.4 Å². The molecule has 26 heavy (non-hydrogen) atoms. The van der Waals surface area contributed by atoms with Crippen LogP contribution in [0.1, 0.15) is 23.7 Å². The number of nitrogens with one attached hydrogen (secondary N) is 1. The fourth-order valence-electron chi connectivity index (χ4n) is 2.83. The normalized spacial score (nSPS) is 16.5. The number of aliphatic hydroxyl groups excluding tert-OH is 1. The van der Waals surface area contributed by atoms with Crippen molar-refractivity contribution in [2.45, 2.75) is 12.3 Å². The van der Waals surface area contributed by atoms with Crippen molar-refractivity contribution in [1.29, 1.82) is 0 Å². The lowest BCUT2D eigenvalue weighted by Gasteiger charge is -2.15. The fraction of sp³-hybridized carbons (Fsp3) is 0.400. The highest BCUT2D eigenvalue weighted by Gasteiger charge is 2.29. The summed E-state index contributed by atoms with van der Waals surface area (Å²) in [5, 5.41) is 20.4. The van der Waals surface area contributed by atoms with Gasteiger partial charge in [-0.25, -0.2) is 9.37 Å². The van der Waals surface area contributed by atoms with Gasteiger partial charge in [0.1, 0.15) is 12.4 Å². The average Bonchev–Trinajstić information content (AvgIpc) is 3.37. The van der Waals surface area contributed by atoms with E-state index in [-0.39, 0.29) is 42.2 Å². The zero-order valence-corrected chi connectivity index (χ0v) is 13.6. The summed E-state index contributed by atoms with van der Waals surface area (Å²) in [4.78, 5) is 4.06. The molecule has 2 N–H and O–H groups in total. The lowest BCUT2D eigenvalue weighted by molar-refractivity contribution is -0.0467. The number of halogens is 2. The van der Waals surface area contributed by atoms with Gasteiger partial charge in [-0.3, -0.25) is 4.68 Å². The first-order chi connectivity index (χ1) is 12.6. The first-order valence-corrected chi connectivity index (χ1v) is 7.82. The maximum Gasteiger partial charge on any atom is 0.207 e. The molecule has 0 aliphatic carbocycles. The Kier molecular flexibility index (Phi) is 4.26. The Morgan fingerprint density at radius 3 is 2.77 bits per heavy atom. The van der Waals surface area contributed by atoms with E-state index >= 15 is 0 Å². The summed E-state index contributed by atoms with van der Waals surface area (Å²) >= 11 is 0. The quantitative estimate of drug-likeness (QED) is 0.697. The van der Waals surface area contributed by atoms with E-state index in [4.69, 9.17) is 14.0 Å². The Balaban J connectivity index is 1.75. The molecule has 0 spiro atoms. The van der Waals surface area contributed by atoms with Crippen molar-refractivity contribution in [2.24, 2.45) is 7.05 Å². The van der Waals surface area contributed by atoms with E-state index in [1.807, 2.05) is 0 Å². The minimum absolute atomic E-state index is 0.0852. The number of fused-ring (bicyclic) bond motifs is 1. The van der Waals surface area contributed by atoms with Gasteiger partial charge in [0.2, 0.25) is 11.4 Å². The standard InChI is InChI=1S/C15H15F2N5O4/c1-22-14(18-6-19-22)9(5-23)20-13-8-4-7(15-24-2-3-25-15)10(16)11(17)12(8)26-21-13/h4,6,9,15,23H,2-3,5H2,1H3,(H,20,21). The van der Waals surface area contributed by atoms with Crippen LogP contribution in [0.15, 0.2) is 16.9 Å². The Morgan fingerprint density at radius 2 is 2.12 bits per heavy atom. The predicted octanol–water partition coefficient (Wildman–Crippen LogP) is 1.43. The monoisotopic (exact) mass is 367 g/mol. The van der Waals surface area contributed by atoms with Crippen molar-refractivity contribution in [3.05, 3.63) is 35.4 Å². The van der Waals surface area contributed by atoms with Gasteiger partial charge in [-0.15, -0.1) is 0 Å². The number of ether oxygens (including phenoxy) is 2. The lowest BCUT2D eigenvalue weighted by Crippen LogP contribution is -2.19. The van der Waals surface area contributed by atoms with Crippen LogP contribution in [-0.2, 0) is 16.5 Å². The number of aliphatic hydroxyl groups is 1. The van der Waals surface area contributed by atoms with Crippen molar-refractivity contribution in [3.8, 4) is 0 Å². The molecule has 0 saturated carbocycles. The third kappa shape index (κ3) is 2.69. The number of hydrogen-bond acceptors (Lipinski definition) is 8. The molecule has 3 aromatic rings. The molecule has 1 saturated heterocycles. The minimum atomic E-state index is -1.18. The molecule has 3 heterocycles. The number of anilines is 1. The molecular formula is C15H15F2N5O4. The summed E-state index contributed by atoms with van der Waals surface area (Å²) in [6, 6.07) is 0.680. The fourth-order valence-corrected chi connectivity index (χ4v) is 2.83. The van der Waals surface area contributed by atoms with Gasteiger partial charge >= 0.3 is 0 Å². The van der Waals surface area contributed by atoms with Crippen LogP contribution >= 0.6 is 0 Å². The summed E-state index contributed by atoms with van der Waals surface area (Å²) in [5.74, 6) is -1.73. The maximum atomic E-state index is 14.4. The van der Waals surface area contributed by atoms with Crippen molar-refractivity contribution in [2.75, 3.05) is 25.1 Å². The number of hydrogen-bond donors (Lipinski definition) is 2. The first-order valence-electron chi connectivity index (χ1n) is 7.82. The van der Waals surface area contributed by atoms with Crippen LogP contribution in [0.25, 0.3) is 11.0 Å². The van der Waals surface area contributed by atoms with Gasteiger partial charge in [0.15, 0.2) is 23.7 Å². The molecule has 11 heteroatoms. The molecule has 138 valence electrons. The summed E-state index contributed by atoms with van der Waals surface area (Å²) in [5.41, 5.74) is -0.431. The number of nitrogens with zero attached hydrogens (tertiary/aromatic N) is 4. The van der Waals surface area contributed by atoms with Gasteiger partial charge in [-0.2, -0.15) is 9.49 Å². The van der Waals surface area contributed by atoms with E-state index < -0.39 is 24.0 Å². The average molecular weight is 367 g/mol. The molecule has 4 rings (SSSR count). The van der Waals surface area contributed by atoms with Crippen LogP contribution in [0.4, 0.5) is 14.6 Å². The van der Waals surface area contributed by atoms with E-state index in [2.05, 4.69) is 20.6 Å². The van der Waals surface area contributed by atoms with Crippen LogP contribution in [0.3, 0.4) is 0 Å². The maximum absolute atomic E-state index is 14.4. The second-order valence-electron chi connectivity index (χ2n) is 5.70. The van der Waals surface area contributed by atoms with Crippen molar-refractivity contribution < 1.29 is 27.9 Å². The third-order valence-electron chi connectivity index (χ3n) is 4.10. The van der Waals surface area contributed by atoms with Gasteiger partial charge in [-0.1, -0.05) is 5.16 Å². The molecule has 1 aromatic carbocycles. The van der Waals surface area contributed by atoms with Gasteiger partial charge in [0, 0.05) is 12.6 Å². The summed E-state index contributed by atoms with van der Waals surface area (Å²) < 4.78 is 45.6. The molecular weight excluding hydrogens is 352 g/mol. The second kappa shape index (κ2) is 6.59. The highest BCUT2D eigenvalue weighted by atomic mass is 19.2. The highest BCUT2D eigenvalue weighted by molar-refractivity contribution is 5.89. The Morgan fingerprint density at radius 1 is 1.35 bits per heavy atom. The van der Waals surface area contributed by atoms with Crippen LogP contribution < -0.4 is 5.32 Å². The minimum Gasteiger partial charge on any atom is -0.394 e. The van der Waals surface area contributed by atoms with E-state index in [9.17, 15) is 13.9 Å². The Bertz CT molecular complexity index is 938.